The van der Waals surface area contributed by atoms with Gasteiger partial charge in [0, 0.05) is 29.9 Å². The van der Waals surface area contributed by atoms with E-state index < -0.39 is 18.0 Å². The Balaban J connectivity index is 1.56. The number of hydrogen-bond acceptors (Lipinski definition) is 4. The van der Waals surface area contributed by atoms with Crippen LogP contribution in [0.1, 0.15) is 44.7 Å². The average Bonchev–Trinajstić information content (AvgIpc) is 3.09. The first-order chi connectivity index (χ1) is 15.5. The Morgan fingerprint density at radius 3 is 1.97 bits per heavy atom. The van der Waals surface area contributed by atoms with Crippen LogP contribution in [0.5, 0.6) is 0 Å². The van der Waals surface area contributed by atoms with Gasteiger partial charge in [0.2, 0.25) is 0 Å². The maximum absolute atomic E-state index is 12.9. The summed E-state index contributed by atoms with van der Waals surface area (Å²) in [5.74, 6) is -1.35. The number of rotatable bonds is 8. The first-order valence-electron chi connectivity index (χ1n) is 10.9. The Hall–Kier alpha value is -3.53. The van der Waals surface area contributed by atoms with Crippen molar-refractivity contribution in [3.05, 3.63) is 107 Å². The molecule has 3 atom stereocenters. The van der Waals surface area contributed by atoms with Gasteiger partial charge in [0.15, 0.2) is 11.6 Å². The maximum atomic E-state index is 12.9. The van der Waals surface area contributed by atoms with Crippen molar-refractivity contribution in [2.45, 2.75) is 32.3 Å². The van der Waals surface area contributed by atoms with E-state index in [-0.39, 0.29) is 30.3 Å². The molecule has 1 saturated heterocycles. The normalized spacial score (nSPS) is 20.0. The van der Waals surface area contributed by atoms with Crippen LogP contribution in [0.3, 0.4) is 0 Å². The van der Waals surface area contributed by atoms with Crippen LogP contribution in [-0.2, 0) is 16.0 Å². The highest BCUT2D eigenvalue weighted by Crippen LogP contribution is 2.36. The van der Waals surface area contributed by atoms with Crippen LogP contribution >= 0.6 is 0 Å². The van der Waals surface area contributed by atoms with Gasteiger partial charge in [0.05, 0.1) is 5.92 Å². The minimum atomic E-state index is -0.572. The van der Waals surface area contributed by atoms with E-state index in [1.807, 2.05) is 67.6 Å². The van der Waals surface area contributed by atoms with Crippen LogP contribution in [-0.4, -0.2) is 23.6 Å². The van der Waals surface area contributed by atoms with Gasteiger partial charge in [0.25, 0.3) is 0 Å². The zero-order valence-corrected chi connectivity index (χ0v) is 18.1. The zero-order valence-electron chi connectivity index (χ0n) is 18.1. The molecule has 1 aliphatic rings. The molecule has 32 heavy (non-hydrogen) atoms. The van der Waals surface area contributed by atoms with Crippen LogP contribution in [0, 0.1) is 18.8 Å². The summed E-state index contributed by atoms with van der Waals surface area (Å²) in [6.45, 7) is 1.97. The van der Waals surface area contributed by atoms with Gasteiger partial charge >= 0.3 is 5.97 Å². The lowest BCUT2D eigenvalue weighted by molar-refractivity contribution is -0.144. The molecule has 0 bridgehead atoms. The summed E-state index contributed by atoms with van der Waals surface area (Å²) < 4.78 is 5.69. The number of ketones is 2. The van der Waals surface area contributed by atoms with E-state index in [4.69, 9.17) is 4.74 Å². The highest BCUT2D eigenvalue weighted by Gasteiger charge is 2.46. The van der Waals surface area contributed by atoms with Crippen LogP contribution < -0.4 is 0 Å². The molecule has 0 unspecified atom stereocenters. The Morgan fingerprint density at radius 1 is 0.750 bits per heavy atom. The van der Waals surface area contributed by atoms with Crippen molar-refractivity contribution < 1.29 is 19.1 Å². The topological polar surface area (TPSA) is 60.4 Å². The minimum Gasteiger partial charge on any atom is -0.461 e. The van der Waals surface area contributed by atoms with E-state index in [9.17, 15) is 14.4 Å². The van der Waals surface area contributed by atoms with Crippen molar-refractivity contribution in [3.8, 4) is 0 Å². The van der Waals surface area contributed by atoms with E-state index in [0.29, 0.717) is 17.5 Å². The Labute approximate surface area is 188 Å². The number of benzene rings is 3. The number of aryl methyl sites for hydroxylation is 1. The summed E-state index contributed by atoms with van der Waals surface area (Å²) in [6.07, 6.45) is 0.217. The van der Waals surface area contributed by atoms with Gasteiger partial charge in [-0.05, 0) is 18.9 Å². The third-order valence-corrected chi connectivity index (χ3v) is 6.14. The van der Waals surface area contributed by atoms with Gasteiger partial charge in [0.1, 0.15) is 6.10 Å². The lowest BCUT2D eigenvalue weighted by Crippen LogP contribution is -2.27. The lowest BCUT2D eigenvalue weighted by atomic mass is 9.80. The summed E-state index contributed by atoms with van der Waals surface area (Å²) in [7, 11) is 0. The molecule has 0 saturated carbocycles. The monoisotopic (exact) mass is 426 g/mol. The second-order valence-electron chi connectivity index (χ2n) is 8.42. The van der Waals surface area contributed by atoms with Crippen molar-refractivity contribution in [2.24, 2.45) is 11.8 Å². The predicted octanol–water partition coefficient (Wildman–Crippen LogP) is 5.24. The van der Waals surface area contributed by atoms with Crippen molar-refractivity contribution >= 4 is 17.5 Å². The van der Waals surface area contributed by atoms with Gasteiger partial charge in [-0.3, -0.25) is 14.4 Å². The number of hydrogen-bond donors (Lipinski definition) is 0. The molecule has 0 radical (unpaired) electrons. The van der Waals surface area contributed by atoms with E-state index in [0.717, 1.165) is 11.1 Å². The van der Waals surface area contributed by atoms with Crippen molar-refractivity contribution in [1.29, 1.82) is 0 Å². The van der Waals surface area contributed by atoms with Gasteiger partial charge in [-0.25, -0.2) is 0 Å². The van der Waals surface area contributed by atoms with E-state index in [1.165, 1.54) is 0 Å². The van der Waals surface area contributed by atoms with E-state index in [2.05, 4.69) is 0 Å². The number of carbonyl (C=O) groups is 3. The second-order valence-corrected chi connectivity index (χ2v) is 8.42. The molecule has 4 nitrogen and oxygen atoms in total. The molecule has 162 valence electrons. The number of carbonyl (C=O) groups excluding carboxylic acids is 3. The van der Waals surface area contributed by atoms with Gasteiger partial charge in [-0.2, -0.15) is 0 Å². The lowest BCUT2D eigenvalue weighted by Gasteiger charge is -2.21. The molecular formula is C28H26O4. The second kappa shape index (κ2) is 9.73. The first-order valence-corrected chi connectivity index (χ1v) is 10.9. The molecule has 3 aromatic rings. The fourth-order valence-corrected chi connectivity index (χ4v) is 4.33. The summed E-state index contributed by atoms with van der Waals surface area (Å²) in [4.78, 5) is 38.6. The fourth-order valence-electron chi connectivity index (χ4n) is 4.33. The van der Waals surface area contributed by atoms with E-state index >= 15 is 0 Å². The molecule has 4 heteroatoms. The molecule has 0 aliphatic carbocycles. The van der Waals surface area contributed by atoms with Gasteiger partial charge < -0.3 is 4.74 Å². The standard InChI is InChI=1S/C28H26O4/c1-19-12-14-22(15-13-19)25(29)17-24-23(16-20-8-4-2-5-9-20)27(32-28(24)31)18-26(30)21-10-6-3-7-11-21/h2-15,23-24,27H,16-18H2,1H3/t23-,24+,27+/m1/s1. The first kappa shape index (κ1) is 21.7. The fraction of sp³-hybridized carbons (Fsp3) is 0.250. The van der Waals surface area contributed by atoms with Crippen molar-refractivity contribution in [1.82, 2.24) is 0 Å². The highest BCUT2D eigenvalue weighted by atomic mass is 16.6. The molecule has 4 rings (SSSR count). The van der Waals surface area contributed by atoms with Gasteiger partial charge in [-0.15, -0.1) is 0 Å². The quantitative estimate of drug-likeness (QED) is 0.365. The molecule has 1 aliphatic heterocycles. The summed E-state index contributed by atoms with van der Waals surface area (Å²) >= 11 is 0. The third kappa shape index (κ3) is 5.02. The average molecular weight is 427 g/mol. The molecule has 0 amide bonds. The van der Waals surface area contributed by atoms with Crippen LogP contribution in [0.15, 0.2) is 84.9 Å². The maximum Gasteiger partial charge on any atom is 0.310 e. The number of esters is 1. The smallest absolute Gasteiger partial charge is 0.310 e. The Kier molecular flexibility index (Phi) is 6.60. The molecular weight excluding hydrogens is 400 g/mol. The SMILES string of the molecule is Cc1ccc(C(=O)C[C@@H]2C(=O)O[C@@H](CC(=O)c3ccccc3)[C@@H]2Cc2ccccc2)cc1. The zero-order chi connectivity index (χ0) is 22.5. The number of Topliss-reactive ketones (excluding diaryl/α,β-unsaturated/α-hetero) is 2. The molecule has 0 N–H and O–H groups in total. The van der Waals surface area contributed by atoms with E-state index in [1.54, 1.807) is 24.3 Å². The van der Waals surface area contributed by atoms with Crippen molar-refractivity contribution in [2.75, 3.05) is 0 Å². The Morgan fingerprint density at radius 2 is 1.31 bits per heavy atom. The van der Waals surface area contributed by atoms with Crippen LogP contribution in [0.2, 0.25) is 0 Å². The van der Waals surface area contributed by atoms with Crippen LogP contribution in [0.4, 0.5) is 0 Å². The Bertz CT molecular complexity index is 1090. The molecule has 1 fully saturated rings. The van der Waals surface area contributed by atoms with Gasteiger partial charge in [-0.1, -0.05) is 90.5 Å². The largest absolute Gasteiger partial charge is 0.461 e. The number of ether oxygens (including phenoxy) is 1. The molecule has 0 aromatic heterocycles. The minimum absolute atomic E-state index is 0.0630. The molecule has 0 spiro atoms. The summed E-state index contributed by atoms with van der Waals surface area (Å²) in [6, 6.07) is 26.2. The third-order valence-electron chi connectivity index (χ3n) is 6.14. The summed E-state index contributed by atoms with van der Waals surface area (Å²) in [5, 5.41) is 0. The molecule has 3 aromatic carbocycles. The van der Waals surface area contributed by atoms with Crippen molar-refractivity contribution in [3.63, 3.8) is 0 Å². The number of cyclic esters (lactones) is 1. The highest BCUT2D eigenvalue weighted by molar-refractivity contribution is 5.99. The van der Waals surface area contributed by atoms with Crippen LogP contribution in [0.25, 0.3) is 0 Å². The predicted molar refractivity (Wildman–Crippen MR) is 123 cm³/mol. The molecule has 1 heterocycles. The summed E-state index contributed by atoms with van der Waals surface area (Å²) in [5.41, 5.74) is 3.32.